The summed E-state index contributed by atoms with van der Waals surface area (Å²) in [5, 5.41) is 28.7. The Kier molecular flexibility index (Phi) is 5.46. The van der Waals surface area contributed by atoms with Gasteiger partial charge in [0, 0.05) is 30.6 Å². The summed E-state index contributed by atoms with van der Waals surface area (Å²) >= 11 is 1.49. The van der Waals surface area contributed by atoms with Crippen LogP contribution in [0.25, 0.3) is 5.57 Å². The molecule has 8 nitrogen and oxygen atoms in total. The highest BCUT2D eigenvalue weighted by atomic mass is 32.1. The number of carboxylic acids is 1. The number of phenols is 1. The van der Waals surface area contributed by atoms with E-state index >= 15 is 0 Å². The molecule has 2 aromatic rings. The minimum absolute atomic E-state index is 0.217. The molecule has 1 aromatic heterocycles. The number of aromatic hydroxyl groups is 1. The maximum Gasteiger partial charge on any atom is 0.339 e. The summed E-state index contributed by atoms with van der Waals surface area (Å²) in [5.74, 6) is -1.62. The fraction of sp³-hybridized carbons (Fsp3) is 0.105. The molecule has 0 aliphatic carbocycles. The number of amides is 2. The minimum Gasteiger partial charge on any atom is -0.507 e. The normalized spacial score (nSPS) is 17.5. The van der Waals surface area contributed by atoms with Crippen molar-refractivity contribution < 1.29 is 19.8 Å². The monoisotopic (exact) mass is 398 g/mol. The van der Waals surface area contributed by atoms with E-state index in [2.05, 4.69) is 15.6 Å². The number of benzene rings is 1. The third kappa shape index (κ3) is 3.60. The van der Waals surface area contributed by atoms with Crippen LogP contribution < -0.4 is 16.4 Å². The van der Waals surface area contributed by atoms with Gasteiger partial charge in [0.05, 0.1) is 11.7 Å². The molecule has 0 saturated carbocycles. The van der Waals surface area contributed by atoms with E-state index in [0.29, 0.717) is 16.8 Å². The van der Waals surface area contributed by atoms with Crippen molar-refractivity contribution in [2.45, 2.75) is 6.04 Å². The first-order valence-electron chi connectivity index (χ1n) is 8.21. The molecule has 144 valence electrons. The van der Waals surface area contributed by atoms with E-state index < -0.39 is 18.0 Å². The number of hydrogen-bond acceptors (Lipinski definition) is 6. The topological polar surface area (TPSA) is 137 Å². The zero-order valence-electron chi connectivity index (χ0n) is 14.8. The van der Waals surface area contributed by atoms with Crippen molar-refractivity contribution >= 4 is 35.1 Å². The molecule has 0 fully saturated rings. The number of nitrogens with one attached hydrogen (secondary N) is 2. The van der Waals surface area contributed by atoms with Gasteiger partial charge in [-0.2, -0.15) is 11.3 Å². The second-order valence-corrected chi connectivity index (χ2v) is 6.70. The first-order chi connectivity index (χ1) is 13.5. The predicted molar refractivity (Wildman–Crippen MR) is 107 cm³/mol. The maximum absolute atomic E-state index is 12.3. The Morgan fingerprint density at radius 2 is 2.14 bits per heavy atom. The van der Waals surface area contributed by atoms with Gasteiger partial charge >= 0.3 is 12.0 Å². The molecule has 6 N–H and O–H groups in total. The lowest BCUT2D eigenvalue weighted by atomic mass is 9.89. The van der Waals surface area contributed by atoms with Crippen LogP contribution in [0.15, 0.2) is 57.5 Å². The first-order valence-corrected chi connectivity index (χ1v) is 9.15. The molecule has 0 saturated heterocycles. The molecular formula is C19H18N4O4S. The molecule has 28 heavy (non-hydrogen) atoms. The summed E-state index contributed by atoms with van der Waals surface area (Å²) in [5.41, 5.74) is 8.65. The largest absolute Gasteiger partial charge is 0.507 e. The zero-order valence-corrected chi connectivity index (χ0v) is 15.7. The average Bonchev–Trinajstić information content (AvgIpc) is 3.19. The summed E-state index contributed by atoms with van der Waals surface area (Å²) in [6, 6.07) is 5.01. The number of aromatic carboxylic acids is 1. The molecule has 3 rings (SSSR count). The fourth-order valence-electron chi connectivity index (χ4n) is 3.01. The molecule has 0 spiro atoms. The van der Waals surface area contributed by atoms with Crippen LogP contribution in [0.2, 0.25) is 0 Å². The number of carbonyl (C=O) groups is 2. The van der Waals surface area contributed by atoms with Crippen LogP contribution in [0.1, 0.15) is 27.5 Å². The summed E-state index contributed by atoms with van der Waals surface area (Å²) < 4.78 is 0. The number of urea groups is 1. The van der Waals surface area contributed by atoms with Crippen LogP contribution in [0.4, 0.5) is 4.79 Å². The van der Waals surface area contributed by atoms with Gasteiger partial charge in [0.1, 0.15) is 11.3 Å². The third-order valence-corrected chi connectivity index (χ3v) is 4.91. The van der Waals surface area contributed by atoms with Crippen molar-refractivity contribution in [1.29, 1.82) is 0 Å². The van der Waals surface area contributed by atoms with Crippen LogP contribution in [0.5, 0.6) is 5.75 Å². The van der Waals surface area contributed by atoms with Crippen LogP contribution in [-0.2, 0) is 0 Å². The van der Waals surface area contributed by atoms with Gasteiger partial charge in [-0.1, -0.05) is 6.07 Å². The van der Waals surface area contributed by atoms with Crippen LogP contribution in [-0.4, -0.2) is 35.5 Å². The second-order valence-electron chi connectivity index (χ2n) is 5.92. The molecule has 1 aliphatic heterocycles. The Morgan fingerprint density at radius 1 is 1.36 bits per heavy atom. The van der Waals surface area contributed by atoms with E-state index in [-0.39, 0.29) is 11.3 Å². The van der Waals surface area contributed by atoms with E-state index in [1.165, 1.54) is 35.9 Å². The molecule has 1 aromatic carbocycles. The standard InChI is InChI=1S/C19H18N4O4S/c1-21-8-12(7-20)17-15(11-4-5-28-9-11)16(22-19(27)23-17)10-2-3-13(18(25)26)14(24)6-10/h2-9,16,24H,20H2,1H3,(H,25,26)(H2,22,23,27)/t16-/m1/s1. The van der Waals surface area contributed by atoms with Gasteiger partial charge in [-0.05, 0) is 40.1 Å². The van der Waals surface area contributed by atoms with Gasteiger partial charge in [0.15, 0.2) is 0 Å². The van der Waals surface area contributed by atoms with Gasteiger partial charge in [-0.25, -0.2) is 9.59 Å². The SMILES string of the molecule is CN=CC(=CN)C1=C(c2ccsc2)[C@@H](c2ccc(C(=O)O)c(O)c2)NC(=O)N1. The Hall–Kier alpha value is -3.59. The lowest BCUT2D eigenvalue weighted by molar-refractivity contribution is 0.0693. The van der Waals surface area contributed by atoms with Crippen molar-refractivity contribution in [1.82, 2.24) is 10.6 Å². The quantitative estimate of drug-likeness (QED) is 0.493. The molecular weight excluding hydrogens is 380 g/mol. The Balaban J connectivity index is 2.22. The summed E-state index contributed by atoms with van der Waals surface area (Å²) in [6.07, 6.45) is 2.89. The smallest absolute Gasteiger partial charge is 0.339 e. The van der Waals surface area contributed by atoms with E-state index in [1.54, 1.807) is 13.1 Å². The number of aliphatic imine (C=N–C) groups is 1. The zero-order chi connectivity index (χ0) is 20.3. The fourth-order valence-corrected chi connectivity index (χ4v) is 3.67. The molecule has 0 bridgehead atoms. The summed E-state index contributed by atoms with van der Waals surface area (Å²) in [7, 11) is 1.59. The molecule has 2 amide bonds. The molecule has 0 unspecified atom stereocenters. The highest BCUT2D eigenvalue weighted by molar-refractivity contribution is 7.08. The van der Waals surface area contributed by atoms with Crippen molar-refractivity contribution in [3.05, 3.63) is 69.2 Å². The third-order valence-electron chi connectivity index (χ3n) is 4.23. The molecule has 1 atom stereocenters. The number of hydrogen-bond donors (Lipinski definition) is 5. The van der Waals surface area contributed by atoms with Gasteiger partial charge in [-0.15, -0.1) is 0 Å². The Labute approximate surface area is 164 Å². The number of nitrogens with zero attached hydrogens (tertiary/aromatic N) is 1. The first kappa shape index (κ1) is 19.2. The van der Waals surface area contributed by atoms with Crippen LogP contribution in [0, 0.1) is 0 Å². The van der Waals surface area contributed by atoms with Crippen LogP contribution >= 0.6 is 11.3 Å². The Morgan fingerprint density at radius 3 is 2.71 bits per heavy atom. The molecule has 9 heteroatoms. The van der Waals surface area contributed by atoms with Crippen molar-refractivity contribution in [3.63, 3.8) is 0 Å². The van der Waals surface area contributed by atoms with Crippen LogP contribution in [0.3, 0.4) is 0 Å². The second kappa shape index (κ2) is 7.97. The van der Waals surface area contributed by atoms with Gasteiger partial charge in [0.2, 0.25) is 0 Å². The van der Waals surface area contributed by atoms with Crippen molar-refractivity contribution in [3.8, 4) is 5.75 Å². The minimum atomic E-state index is -1.24. The predicted octanol–water partition coefficient (Wildman–Crippen LogP) is 2.46. The number of rotatable bonds is 5. The molecule has 2 heterocycles. The van der Waals surface area contributed by atoms with E-state index in [9.17, 15) is 14.7 Å². The lowest BCUT2D eigenvalue weighted by Gasteiger charge is -2.31. The Bertz CT molecular complexity index is 1010. The number of thiophene rings is 1. The van der Waals surface area contributed by atoms with Crippen molar-refractivity contribution in [2.24, 2.45) is 10.7 Å². The van der Waals surface area contributed by atoms with Gasteiger partial charge in [0.25, 0.3) is 0 Å². The van der Waals surface area contributed by atoms with Gasteiger partial charge < -0.3 is 26.6 Å². The highest BCUT2D eigenvalue weighted by Gasteiger charge is 2.31. The number of carbonyl (C=O) groups excluding carboxylic acids is 1. The molecule has 1 aliphatic rings. The average molecular weight is 398 g/mol. The summed E-state index contributed by atoms with van der Waals surface area (Å²) in [4.78, 5) is 27.5. The molecule has 0 radical (unpaired) electrons. The van der Waals surface area contributed by atoms with E-state index in [0.717, 1.165) is 11.1 Å². The van der Waals surface area contributed by atoms with Gasteiger partial charge in [-0.3, -0.25) is 4.99 Å². The highest BCUT2D eigenvalue weighted by Crippen LogP contribution is 2.38. The van der Waals surface area contributed by atoms with Crippen molar-refractivity contribution in [2.75, 3.05) is 7.05 Å². The lowest BCUT2D eigenvalue weighted by Crippen LogP contribution is -2.44. The maximum atomic E-state index is 12.3. The number of nitrogens with two attached hydrogens (primary N) is 1. The van der Waals surface area contributed by atoms with E-state index in [1.807, 2.05) is 16.8 Å². The number of allylic oxidation sites excluding steroid dienone is 1. The summed E-state index contributed by atoms with van der Waals surface area (Å²) in [6.45, 7) is 0. The number of carboxylic acid groups (broad SMARTS) is 1. The van der Waals surface area contributed by atoms with E-state index in [4.69, 9.17) is 10.8 Å².